The Balaban J connectivity index is 1.39. The molecule has 1 aliphatic rings. The van der Waals surface area contributed by atoms with Crippen molar-refractivity contribution in [3.8, 4) is 5.75 Å². The zero-order chi connectivity index (χ0) is 22.2. The second-order valence-corrected chi connectivity index (χ2v) is 7.29. The van der Waals surface area contributed by atoms with Crippen LogP contribution in [0.25, 0.3) is 0 Å². The number of benzene rings is 1. The largest absolute Gasteiger partial charge is 0.490 e. The molecule has 5 N–H and O–H groups in total. The summed E-state index contributed by atoms with van der Waals surface area (Å²) in [6.45, 7) is 0.461. The Morgan fingerprint density at radius 3 is 2.29 bits per heavy atom. The quantitative estimate of drug-likeness (QED) is 0.458. The number of carboxylic acid groups (broad SMARTS) is 1. The van der Waals surface area contributed by atoms with E-state index in [0.717, 1.165) is 0 Å². The Kier molecular flexibility index (Phi) is 7.36. The van der Waals surface area contributed by atoms with Crippen LogP contribution in [0.3, 0.4) is 0 Å². The van der Waals surface area contributed by atoms with Crippen molar-refractivity contribution in [1.82, 2.24) is 20.6 Å². The molecule has 0 aliphatic heterocycles. The minimum absolute atomic E-state index is 0.0112. The molecule has 0 spiro atoms. The van der Waals surface area contributed by atoms with Gasteiger partial charge in [-0.2, -0.15) is 0 Å². The van der Waals surface area contributed by atoms with Gasteiger partial charge in [-0.15, -0.1) is 0 Å². The highest BCUT2D eigenvalue weighted by Crippen LogP contribution is 2.28. The molecule has 1 fully saturated rings. The highest BCUT2D eigenvalue weighted by atomic mass is 16.5. The summed E-state index contributed by atoms with van der Waals surface area (Å²) >= 11 is 0. The standard InChI is InChI=1S/C21H25N5O5/c22-18-17(11-23-12-26-18)20(28)25-10-9-24-19(27)13-1-5-15(6-2-13)31-16-7-3-14(4-8-16)21(29)30/h1-2,5-6,11-12,14,16H,3-4,7-10H2,(H,24,27)(H,25,28)(H,29,30)(H2,22,23,26)/t14-,16+. The topological polar surface area (TPSA) is 157 Å². The van der Waals surface area contributed by atoms with Gasteiger partial charge in [0, 0.05) is 24.8 Å². The van der Waals surface area contributed by atoms with Gasteiger partial charge in [0.25, 0.3) is 11.8 Å². The lowest BCUT2D eigenvalue weighted by Crippen LogP contribution is -2.35. The normalized spacial score (nSPS) is 18.1. The fraction of sp³-hybridized carbons (Fsp3) is 0.381. The third-order valence-electron chi connectivity index (χ3n) is 5.13. The molecule has 0 saturated heterocycles. The zero-order valence-electron chi connectivity index (χ0n) is 16.9. The number of aromatic nitrogens is 2. The molecular weight excluding hydrogens is 402 g/mol. The van der Waals surface area contributed by atoms with E-state index in [1.165, 1.54) is 12.5 Å². The molecule has 31 heavy (non-hydrogen) atoms. The third-order valence-corrected chi connectivity index (χ3v) is 5.13. The van der Waals surface area contributed by atoms with Crippen molar-refractivity contribution in [1.29, 1.82) is 0 Å². The van der Waals surface area contributed by atoms with E-state index in [1.807, 2.05) is 0 Å². The van der Waals surface area contributed by atoms with E-state index >= 15 is 0 Å². The second kappa shape index (κ2) is 10.4. The molecule has 164 valence electrons. The number of anilines is 1. The molecule has 1 aromatic carbocycles. The van der Waals surface area contributed by atoms with E-state index in [2.05, 4.69) is 20.6 Å². The number of hydrogen-bond acceptors (Lipinski definition) is 7. The highest BCUT2D eigenvalue weighted by Gasteiger charge is 2.26. The number of carbonyl (C=O) groups is 3. The first-order chi connectivity index (χ1) is 14.9. The van der Waals surface area contributed by atoms with Gasteiger partial charge < -0.3 is 26.2 Å². The van der Waals surface area contributed by atoms with E-state index in [0.29, 0.717) is 37.0 Å². The lowest BCUT2D eigenvalue weighted by Gasteiger charge is -2.26. The molecular formula is C21H25N5O5. The molecule has 1 heterocycles. The number of nitrogens with zero attached hydrogens (tertiary/aromatic N) is 2. The van der Waals surface area contributed by atoms with Crippen LogP contribution < -0.4 is 21.1 Å². The van der Waals surface area contributed by atoms with Crippen molar-refractivity contribution >= 4 is 23.6 Å². The SMILES string of the molecule is Nc1ncncc1C(=O)NCCNC(=O)c1ccc(O[C@H]2CC[C@@H](C(=O)O)CC2)cc1. The van der Waals surface area contributed by atoms with Crippen LogP contribution in [0.2, 0.25) is 0 Å². The van der Waals surface area contributed by atoms with Crippen LogP contribution in [0.15, 0.2) is 36.8 Å². The fourth-order valence-corrected chi connectivity index (χ4v) is 3.37. The van der Waals surface area contributed by atoms with Gasteiger partial charge in [-0.3, -0.25) is 14.4 Å². The van der Waals surface area contributed by atoms with Gasteiger partial charge in [0.15, 0.2) is 0 Å². The third kappa shape index (κ3) is 6.14. The molecule has 2 amide bonds. The molecule has 10 nitrogen and oxygen atoms in total. The van der Waals surface area contributed by atoms with Crippen LogP contribution in [0.4, 0.5) is 5.82 Å². The van der Waals surface area contributed by atoms with Gasteiger partial charge in [0.05, 0.1) is 17.6 Å². The van der Waals surface area contributed by atoms with Crippen LogP contribution in [0.5, 0.6) is 5.75 Å². The number of carboxylic acids is 1. The van der Waals surface area contributed by atoms with Crippen molar-refractivity contribution < 1.29 is 24.2 Å². The number of nitrogen functional groups attached to an aromatic ring is 1. The number of carbonyl (C=O) groups excluding carboxylic acids is 2. The maximum absolute atomic E-state index is 12.3. The predicted molar refractivity (Wildman–Crippen MR) is 112 cm³/mol. The lowest BCUT2D eigenvalue weighted by atomic mass is 9.87. The zero-order valence-corrected chi connectivity index (χ0v) is 16.9. The molecule has 3 rings (SSSR count). The van der Waals surface area contributed by atoms with E-state index < -0.39 is 11.9 Å². The van der Waals surface area contributed by atoms with E-state index in [4.69, 9.17) is 15.6 Å². The monoisotopic (exact) mass is 427 g/mol. The second-order valence-electron chi connectivity index (χ2n) is 7.29. The summed E-state index contributed by atoms with van der Waals surface area (Å²) in [5, 5.41) is 14.4. The van der Waals surface area contributed by atoms with Crippen molar-refractivity contribution in [2.24, 2.45) is 5.92 Å². The highest BCUT2D eigenvalue weighted by molar-refractivity contribution is 5.98. The molecule has 10 heteroatoms. The minimum Gasteiger partial charge on any atom is -0.490 e. The van der Waals surface area contributed by atoms with Crippen LogP contribution >= 0.6 is 0 Å². The summed E-state index contributed by atoms with van der Waals surface area (Å²) in [7, 11) is 0. The van der Waals surface area contributed by atoms with Crippen LogP contribution in [0.1, 0.15) is 46.4 Å². The summed E-state index contributed by atoms with van der Waals surface area (Å²) in [4.78, 5) is 42.8. The van der Waals surface area contributed by atoms with Crippen molar-refractivity contribution in [2.75, 3.05) is 18.8 Å². The summed E-state index contributed by atoms with van der Waals surface area (Å²) < 4.78 is 5.90. The van der Waals surface area contributed by atoms with Crippen molar-refractivity contribution in [3.63, 3.8) is 0 Å². The number of rotatable bonds is 8. The summed E-state index contributed by atoms with van der Waals surface area (Å²) in [6, 6.07) is 6.76. The first kappa shape index (κ1) is 22.0. The maximum Gasteiger partial charge on any atom is 0.306 e. The number of ether oxygens (including phenoxy) is 1. The van der Waals surface area contributed by atoms with Gasteiger partial charge >= 0.3 is 5.97 Å². The Morgan fingerprint density at radius 2 is 1.68 bits per heavy atom. The Hall–Kier alpha value is -3.69. The number of amides is 2. The number of nitrogens with one attached hydrogen (secondary N) is 2. The summed E-state index contributed by atoms with van der Waals surface area (Å²) in [6.07, 6.45) is 5.20. The Morgan fingerprint density at radius 1 is 1.03 bits per heavy atom. The number of nitrogens with two attached hydrogens (primary N) is 1. The number of aliphatic carboxylic acids is 1. The Bertz CT molecular complexity index is 926. The van der Waals surface area contributed by atoms with Gasteiger partial charge in [-0.1, -0.05) is 0 Å². The van der Waals surface area contributed by atoms with Gasteiger partial charge in [0.2, 0.25) is 0 Å². The Labute approximate surface area is 179 Å². The maximum atomic E-state index is 12.3. The van der Waals surface area contributed by atoms with Crippen LogP contribution in [0, 0.1) is 5.92 Å². The summed E-state index contributed by atoms with van der Waals surface area (Å²) in [5.74, 6) is -0.976. The lowest BCUT2D eigenvalue weighted by molar-refractivity contribution is -0.143. The summed E-state index contributed by atoms with van der Waals surface area (Å²) in [5.41, 5.74) is 6.27. The molecule has 1 aromatic heterocycles. The molecule has 0 radical (unpaired) electrons. The van der Waals surface area contributed by atoms with E-state index in [-0.39, 0.29) is 42.4 Å². The molecule has 0 unspecified atom stereocenters. The van der Waals surface area contributed by atoms with Crippen LogP contribution in [-0.4, -0.2) is 52.1 Å². The van der Waals surface area contributed by atoms with Gasteiger partial charge in [-0.25, -0.2) is 9.97 Å². The molecule has 0 bridgehead atoms. The molecule has 1 aliphatic carbocycles. The number of hydrogen-bond donors (Lipinski definition) is 4. The molecule has 1 saturated carbocycles. The van der Waals surface area contributed by atoms with E-state index in [1.54, 1.807) is 24.3 Å². The first-order valence-corrected chi connectivity index (χ1v) is 10.1. The minimum atomic E-state index is -0.744. The average Bonchev–Trinajstić information content (AvgIpc) is 2.77. The van der Waals surface area contributed by atoms with Crippen LogP contribution in [-0.2, 0) is 4.79 Å². The van der Waals surface area contributed by atoms with Crippen molar-refractivity contribution in [2.45, 2.75) is 31.8 Å². The predicted octanol–water partition coefficient (Wildman–Crippen LogP) is 1.24. The smallest absolute Gasteiger partial charge is 0.306 e. The molecule has 2 aromatic rings. The first-order valence-electron chi connectivity index (χ1n) is 10.1. The van der Waals surface area contributed by atoms with Crippen molar-refractivity contribution in [3.05, 3.63) is 47.9 Å². The molecule has 0 atom stereocenters. The average molecular weight is 427 g/mol. The van der Waals surface area contributed by atoms with E-state index in [9.17, 15) is 14.4 Å². The van der Waals surface area contributed by atoms with Gasteiger partial charge in [-0.05, 0) is 49.9 Å². The fourth-order valence-electron chi connectivity index (χ4n) is 3.37. The van der Waals surface area contributed by atoms with Gasteiger partial charge in [0.1, 0.15) is 17.9 Å².